The lowest BCUT2D eigenvalue weighted by Gasteiger charge is -1.93. The smallest absolute Gasteiger partial charge is 0.282 e. The van der Waals surface area contributed by atoms with E-state index < -0.39 is 0 Å². The van der Waals surface area contributed by atoms with E-state index in [4.69, 9.17) is 38.4 Å². The van der Waals surface area contributed by atoms with Gasteiger partial charge in [0.25, 0.3) is 0 Å². The lowest BCUT2D eigenvalue weighted by molar-refractivity contribution is -0.193. The minimum absolute atomic E-state index is 0.250. The molecule has 16 nitrogen and oxygen atoms in total. The van der Waals surface area contributed by atoms with E-state index in [1.54, 1.807) is 0 Å². The maximum Gasteiger partial charge on any atom is 0.373 e. The standard InChI is InChI=1S/2C9H9BrN2.C8H7BrN2.C8H8N2.4CO2/c1-6-8-5-7(10)3-4-9(8)11-12(6)2;1-6-8-5-7(10)3-4-9(8)12(2)11-6;1-5-7-4-6(9)2-3-8(7)11-10-5;1-6-7-4-2-3-5-8(7)10-9-6;4*2-1-3/h2*3-5H,1-2H3;2-4H,1H3,(H,10,11);2-5H,1H3,(H,9,10);;;;. The summed E-state index contributed by atoms with van der Waals surface area (Å²) in [7, 11) is 3.92. The Labute approximate surface area is 349 Å². The molecule has 57 heavy (non-hydrogen) atoms. The molecule has 4 aromatic carbocycles. The number of halogens is 3. The number of aryl methyl sites for hydroxylation is 6. The van der Waals surface area contributed by atoms with Crippen molar-refractivity contribution in [1.29, 1.82) is 0 Å². The highest BCUT2D eigenvalue weighted by atomic mass is 79.9. The van der Waals surface area contributed by atoms with Crippen molar-refractivity contribution in [3.63, 3.8) is 0 Å². The highest BCUT2D eigenvalue weighted by Crippen LogP contribution is 2.23. The van der Waals surface area contributed by atoms with Crippen molar-refractivity contribution >= 4 is 116 Å². The molecule has 0 unspecified atom stereocenters. The summed E-state index contributed by atoms with van der Waals surface area (Å²) < 4.78 is 7.10. The molecular weight excluding hydrogens is 936 g/mol. The molecule has 0 saturated heterocycles. The van der Waals surface area contributed by atoms with Gasteiger partial charge in [-0.2, -0.15) is 58.8 Å². The fraction of sp³-hybridized carbons (Fsp3) is 0.158. The van der Waals surface area contributed by atoms with Crippen LogP contribution < -0.4 is 0 Å². The summed E-state index contributed by atoms with van der Waals surface area (Å²) in [6.07, 6.45) is 1.00. The number of benzene rings is 4. The second-order valence-corrected chi connectivity index (χ2v) is 13.7. The van der Waals surface area contributed by atoms with Crippen LogP contribution in [0, 0.1) is 27.7 Å². The van der Waals surface area contributed by atoms with Gasteiger partial charge in [0.2, 0.25) is 0 Å². The maximum atomic E-state index is 8.12. The van der Waals surface area contributed by atoms with E-state index in [0.29, 0.717) is 0 Å². The second kappa shape index (κ2) is 25.7. The number of rotatable bonds is 0. The molecule has 0 atom stereocenters. The number of para-hydroxylation sites is 1. The zero-order valence-electron chi connectivity index (χ0n) is 31.1. The van der Waals surface area contributed by atoms with Gasteiger partial charge in [0, 0.05) is 66.1 Å². The van der Waals surface area contributed by atoms with Crippen LogP contribution in [-0.4, -0.2) is 64.6 Å². The molecule has 0 amide bonds. The molecule has 0 spiro atoms. The number of carbonyl (C=O) groups excluding carboxylic acids is 8. The molecule has 0 radical (unpaired) electrons. The molecule has 0 aliphatic carbocycles. The van der Waals surface area contributed by atoms with Crippen LogP contribution in [-0.2, 0) is 52.5 Å². The molecule has 2 N–H and O–H groups in total. The first kappa shape index (κ1) is 48.7. The van der Waals surface area contributed by atoms with Crippen molar-refractivity contribution in [3.8, 4) is 0 Å². The third-order valence-corrected chi connectivity index (χ3v) is 8.93. The van der Waals surface area contributed by atoms with Crippen molar-refractivity contribution in [2.24, 2.45) is 14.1 Å². The van der Waals surface area contributed by atoms with Gasteiger partial charge < -0.3 is 0 Å². The van der Waals surface area contributed by atoms with Crippen LogP contribution in [0.3, 0.4) is 0 Å². The number of aromatic nitrogens is 8. The van der Waals surface area contributed by atoms with Crippen molar-refractivity contribution in [2.45, 2.75) is 27.7 Å². The van der Waals surface area contributed by atoms with Gasteiger partial charge in [-0.1, -0.05) is 66.0 Å². The topological polar surface area (TPSA) is 230 Å². The summed E-state index contributed by atoms with van der Waals surface area (Å²) >= 11 is 10.3. The normalized spacial score (nSPS) is 9.07. The fourth-order valence-electron chi connectivity index (χ4n) is 4.91. The van der Waals surface area contributed by atoms with E-state index in [-0.39, 0.29) is 24.6 Å². The Morgan fingerprint density at radius 3 is 1.44 bits per heavy atom. The van der Waals surface area contributed by atoms with Crippen molar-refractivity contribution in [3.05, 3.63) is 115 Å². The minimum Gasteiger partial charge on any atom is -0.282 e. The molecule has 294 valence electrons. The minimum atomic E-state index is 0.250. The van der Waals surface area contributed by atoms with Gasteiger partial charge in [-0.05, 0) is 88.4 Å². The van der Waals surface area contributed by atoms with E-state index in [2.05, 4.69) is 116 Å². The molecule has 4 heterocycles. The van der Waals surface area contributed by atoms with Crippen molar-refractivity contribution in [1.82, 2.24) is 40.0 Å². The molecular formula is C38H33Br3N8O8. The summed E-state index contributed by atoms with van der Waals surface area (Å²) in [5, 5.41) is 27.6. The number of nitrogens with one attached hydrogen (secondary N) is 2. The van der Waals surface area contributed by atoms with Gasteiger partial charge >= 0.3 is 24.6 Å². The first-order chi connectivity index (χ1) is 27.2. The fourth-order valence-corrected chi connectivity index (χ4v) is 6.00. The molecule has 8 aromatic rings. The van der Waals surface area contributed by atoms with Gasteiger partial charge in [0.1, 0.15) is 0 Å². The predicted octanol–water partition coefficient (Wildman–Crippen LogP) is 7.46. The van der Waals surface area contributed by atoms with Gasteiger partial charge in [0.05, 0.1) is 27.8 Å². The number of H-pyrrole nitrogens is 2. The van der Waals surface area contributed by atoms with Crippen LogP contribution in [0.1, 0.15) is 22.8 Å². The molecule has 0 saturated carbocycles. The third kappa shape index (κ3) is 15.4. The molecule has 0 aliphatic rings. The molecule has 0 aliphatic heterocycles. The maximum absolute atomic E-state index is 8.12. The van der Waals surface area contributed by atoms with Gasteiger partial charge in [0.15, 0.2) is 0 Å². The average molecular weight is 969 g/mol. The quantitative estimate of drug-likeness (QED) is 0.151. The van der Waals surface area contributed by atoms with E-state index in [9.17, 15) is 0 Å². The van der Waals surface area contributed by atoms with Gasteiger partial charge in [-0.25, -0.2) is 0 Å². The van der Waals surface area contributed by atoms with Crippen LogP contribution in [0.4, 0.5) is 0 Å². The zero-order valence-corrected chi connectivity index (χ0v) is 35.8. The SMILES string of the molecule is Cc1[nH]nc2ccc(Br)cc12.Cc1[nH]nc2ccccc12.Cc1c2cc(Br)ccc2nn1C.Cc1nn(C)c2ccc(Br)cc12.O=C=O.O=C=O.O=C=O.O=C=O. The van der Waals surface area contributed by atoms with Crippen LogP contribution in [0.5, 0.6) is 0 Å². The first-order valence-electron chi connectivity index (χ1n) is 15.8. The Morgan fingerprint density at radius 1 is 0.491 bits per heavy atom. The Kier molecular flexibility index (Phi) is 22.0. The summed E-state index contributed by atoms with van der Waals surface area (Å²) in [5.41, 5.74) is 8.82. The molecule has 8 rings (SSSR count). The van der Waals surface area contributed by atoms with Gasteiger partial charge in [-0.3, -0.25) is 19.6 Å². The third-order valence-electron chi connectivity index (χ3n) is 7.45. The van der Waals surface area contributed by atoms with Crippen LogP contribution in [0.15, 0.2) is 92.3 Å². The second-order valence-electron chi connectivity index (χ2n) is 11.0. The predicted molar refractivity (Wildman–Crippen MR) is 216 cm³/mol. The molecule has 0 fully saturated rings. The number of aromatic amines is 2. The first-order valence-corrected chi connectivity index (χ1v) is 18.2. The average Bonchev–Trinajstić information content (AvgIpc) is 3.90. The highest BCUT2D eigenvalue weighted by Gasteiger charge is 2.05. The Balaban J connectivity index is 0.000000348. The number of nitrogens with zero attached hydrogens (tertiary/aromatic N) is 6. The molecule has 19 heteroatoms. The lowest BCUT2D eigenvalue weighted by Crippen LogP contribution is -1.91. The Hall–Kier alpha value is -6.28. The number of hydrogen-bond donors (Lipinski definition) is 2. The zero-order chi connectivity index (χ0) is 43.1. The van der Waals surface area contributed by atoms with Crippen molar-refractivity contribution in [2.75, 3.05) is 0 Å². The number of fused-ring (bicyclic) bond motifs is 4. The highest BCUT2D eigenvalue weighted by molar-refractivity contribution is 9.11. The molecule has 0 bridgehead atoms. The van der Waals surface area contributed by atoms with E-state index in [1.165, 1.54) is 32.8 Å². The van der Waals surface area contributed by atoms with E-state index >= 15 is 0 Å². The van der Waals surface area contributed by atoms with E-state index in [1.807, 2.05) is 92.8 Å². The van der Waals surface area contributed by atoms with E-state index in [0.717, 1.165) is 47.1 Å². The van der Waals surface area contributed by atoms with Crippen LogP contribution >= 0.6 is 47.8 Å². The lowest BCUT2D eigenvalue weighted by atomic mass is 10.2. The summed E-state index contributed by atoms with van der Waals surface area (Å²) in [6, 6.07) is 26.4. The molecule has 4 aromatic heterocycles. The summed E-state index contributed by atoms with van der Waals surface area (Å²) in [6.45, 7) is 8.13. The van der Waals surface area contributed by atoms with Gasteiger partial charge in [-0.15, -0.1) is 0 Å². The number of hydrogen-bond acceptors (Lipinski definition) is 12. The van der Waals surface area contributed by atoms with Crippen LogP contribution in [0.2, 0.25) is 0 Å². The van der Waals surface area contributed by atoms with Crippen LogP contribution in [0.25, 0.3) is 43.6 Å². The van der Waals surface area contributed by atoms with Crippen molar-refractivity contribution < 1.29 is 38.4 Å². The summed E-state index contributed by atoms with van der Waals surface area (Å²) in [4.78, 5) is 65.0. The monoisotopic (exact) mass is 966 g/mol. The summed E-state index contributed by atoms with van der Waals surface area (Å²) in [5.74, 6) is 0. The Morgan fingerprint density at radius 2 is 0.912 bits per heavy atom. The Bertz CT molecular complexity index is 2600. The largest absolute Gasteiger partial charge is 0.373 e.